The number of imide groups is 1. The number of aryl methyl sites for hydroxylation is 2. The first kappa shape index (κ1) is 24.0. The number of nitriles is 1. The van der Waals surface area contributed by atoms with Gasteiger partial charge in [-0.15, -0.1) is 0 Å². The summed E-state index contributed by atoms with van der Waals surface area (Å²) in [7, 11) is 0. The van der Waals surface area contributed by atoms with Gasteiger partial charge in [0.15, 0.2) is 0 Å². The van der Waals surface area contributed by atoms with Crippen LogP contribution in [0.3, 0.4) is 0 Å². The Morgan fingerprint density at radius 3 is 2.27 bits per heavy atom. The van der Waals surface area contributed by atoms with Crippen LogP contribution in [0.15, 0.2) is 42.5 Å². The number of anilines is 1. The molecule has 1 fully saturated rings. The quantitative estimate of drug-likeness (QED) is 0.647. The van der Waals surface area contributed by atoms with Crippen LogP contribution in [0.4, 0.5) is 10.5 Å². The molecule has 0 bridgehead atoms. The van der Waals surface area contributed by atoms with Crippen LogP contribution in [0.1, 0.15) is 55.4 Å². The number of hydrogen-bond donors (Lipinski definition) is 1. The Balaban J connectivity index is 1.85. The van der Waals surface area contributed by atoms with Crippen molar-refractivity contribution < 1.29 is 14.4 Å². The van der Waals surface area contributed by atoms with E-state index in [4.69, 9.17) is 5.26 Å². The molecule has 0 saturated carbocycles. The van der Waals surface area contributed by atoms with E-state index in [1.54, 1.807) is 6.92 Å². The molecular formula is C26H30N4O3. The predicted molar refractivity (Wildman–Crippen MR) is 127 cm³/mol. The number of amides is 4. The lowest BCUT2D eigenvalue weighted by Crippen LogP contribution is -2.45. The van der Waals surface area contributed by atoms with Crippen molar-refractivity contribution in [2.24, 2.45) is 0 Å². The lowest BCUT2D eigenvalue weighted by Gasteiger charge is -2.26. The Labute approximate surface area is 195 Å². The number of rotatable bonds is 7. The molecule has 0 spiro atoms. The van der Waals surface area contributed by atoms with Crippen molar-refractivity contribution in [1.29, 1.82) is 5.26 Å². The molecule has 1 saturated heterocycles. The zero-order chi connectivity index (χ0) is 24.3. The normalized spacial score (nSPS) is 17.8. The van der Waals surface area contributed by atoms with Gasteiger partial charge in [-0.3, -0.25) is 14.5 Å². The van der Waals surface area contributed by atoms with Crippen LogP contribution in [0, 0.1) is 25.2 Å². The lowest BCUT2D eigenvalue weighted by molar-refractivity contribution is -0.134. The minimum atomic E-state index is -1.25. The molecule has 7 heteroatoms. The largest absolute Gasteiger partial charge is 0.325 e. The molecule has 33 heavy (non-hydrogen) atoms. The highest BCUT2D eigenvalue weighted by molar-refractivity contribution is 6.10. The van der Waals surface area contributed by atoms with E-state index in [-0.39, 0.29) is 13.0 Å². The molecule has 4 amide bonds. The van der Waals surface area contributed by atoms with Gasteiger partial charge in [0.2, 0.25) is 5.91 Å². The average Bonchev–Trinajstić information content (AvgIpc) is 2.97. The van der Waals surface area contributed by atoms with Crippen molar-refractivity contribution >= 4 is 23.5 Å². The fourth-order valence-corrected chi connectivity index (χ4v) is 4.12. The summed E-state index contributed by atoms with van der Waals surface area (Å²) < 4.78 is 0. The van der Waals surface area contributed by atoms with Gasteiger partial charge in [-0.05, 0) is 61.1 Å². The zero-order valence-corrected chi connectivity index (χ0v) is 19.8. The first-order chi connectivity index (χ1) is 15.6. The third kappa shape index (κ3) is 4.90. The summed E-state index contributed by atoms with van der Waals surface area (Å²) in [5.74, 6) is -0.545. The fraction of sp³-hybridized carbons (Fsp3) is 0.385. The molecule has 1 N–H and O–H groups in total. The number of hydrogen-bond acceptors (Lipinski definition) is 4. The first-order valence-corrected chi connectivity index (χ1v) is 11.1. The minimum Gasteiger partial charge on any atom is -0.319 e. The van der Waals surface area contributed by atoms with Crippen LogP contribution in [0.2, 0.25) is 0 Å². The predicted octanol–water partition coefficient (Wildman–Crippen LogP) is 4.14. The zero-order valence-electron chi connectivity index (χ0n) is 19.8. The Bertz CT molecular complexity index is 1100. The van der Waals surface area contributed by atoms with E-state index in [0.29, 0.717) is 17.2 Å². The van der Waals surface area contributed by atoms with Crippen molar-refractivity contribution in [3.05, 3.63) is 64.7 Å². The molecule has 0 aromatic heterocycles. The SMILES string of the molecule is Cc1cc(C)cc(N(CCC#N)C(=O)CN2C(=O)NC(C)(c3ccc(C(C)C)cc3)C2=O)c1. The van der Waals surface area contributed by atoms with Gasteiger partial charge in [-0.25, -0.2) is 4.79 Å². The fourth-order valence-electron chi connectivity index (χ4n) is 4.12. The van der Waals surface area contributed by atoms with Gasteiger partial charge in [-0.1, -0.05) is 44.2 Å². The highest BCUT2D eigenvalue weighted by Gasteiger charge is 2.49. The number of carbonyl (C=O) groups is 3. The standard InChI is InChI=1S/C26H30N4O3/c1-17(2)20-7-9-21(10-8-20)26(5)24(32)30(25(33)28-26)16-23(31)29(12-6-11-27)22-14-18(3)13-19(4)15-22/h7-10,13-15,17H,6,12,16H2,1-5H3,(H,28,33). The van der Waals surface area contributed by atoms with Crippen molar-refractivity contribution in [2.45, 2.75) is 52.5 Å². The third-order valence-corrected chi connectivity index (χ3v) is 5.99. The summed E-state index contributed by atoms with van der Waals surface area (Å²) in [6, 6.07) is 14.7. The molecule has 0 radical (unpaired) electrons. The van der Waals surface area contributed by atoms with Gasteiger partial charge >= 0.3 is 6.03 Å². The van der Waals surface area contributed by atoms with Gasteiger partial charge < -0.3 is 10.2 Å². The summed E-state index contributed by atoms with van der Waals surface area (Å²) in [5.41, 5.74) is 3.15. The molecule has 7 nitrogen and oxygen atoms in total. The summed E-state index contributed by atoms with van der Waals surface area (Å²) >= 11 is 0. The molecule has 1 atom stereocenters. The molecule has 1 unspecified atom stereocenters. The topological polar surface area (TPSA) is 93.5 Å². The van der Waals surface area contributed by atoms with E-state index in [1.807, 2.05) is 56.3 Å². The maximum atomic E-state index is 13.3. The average molecular weight is 447 g/mol. The number of carbonyl (C=O) groups excluding carboxylic acids is 3. The Hall–Kier alpha value is -3.66. The van der Waals surface area contributed by atoms with E-state index >= 15 is 0 Å². The lowest BCUT2D eigenvalue weighted by atomic mass is 9.90. The Morgan fingerprint density at radius 2 is 1.73 bits per heavy atom. The van der Waals surface area contributed by atoms with Crippen molar-refractivity contribution in [2.75, 3.05) is 18.0 Å². The number of benzene rings is 2. The molecular weight excluding hydrogens is 416 g/mol. The summed E-state index contributed by atoms with van der Waals surface area (Å²) in [4.78, 5) is 41.7. The molecule has 1 aliphatic heterocycles. The van der Waals surface area contributed by atoms with Crippen LogP contribution in [0.25, 0.3) is 0 Å². The van der Waals surface area contributed by atoms with E-state index in [1.165, 1.54) is 4.90 Å². The smallest absolute Gasteiger partial charge is 0.319 e. The van der Waals surface area contributed by atoms with Crippen LogP contribution in [-0.4, -0.2) is 35.8 Å². The van der Waals surface area contributed by atoms with E-state index in [9.17, 15) is 14.4 Å². The maximum absolute atomic E-state index is 13.3. The highest BCUT2D eigenvalue weighted by Crippen LogP contribution is 2.30. The summed E-state index contributed by atoms with van der Waals surface area (Å²) in [6.07, 6.45) is 0.138. The van der Waals surface area contributed by atoms with Gasteiger partial charge in [0.25, 0.3) is 5.91 Å². The highest BCUT2D eigenvalue weighted by atomic mass is 16.2. The molecule has 0 aliphatic carbocycles. The van der Waals surface area contributed by atoms with Crippen LogP contribution < -0.4 is 10.2 Å². The number of nitrogens with one attached hydrogen (secondary N) is 1. The second-order valence-corrected chi connectivity index (χ2v) is 9.02. The molecule has 2 aromatic rings. The van der Waals surface area contributed by atoms with Crippen molar-refractivity contribution in [3.63, 3.8) is 0 Å². The molecule has 3 rings (SSSR count). The Morgan fingerprint density at radius 1 is 1.12 bits per heavy atom. The van der Waals surface area contributed by atoms with Gasteiger partial charge in [-0.2, -0.15) is 5.26 Å². The van der Waals surface area contributed by atoms with Crippen LogP contribution >= 0.6 is 0 Å². The Kier molecular flexibility index (Phi) is 6.87. The van der Waals surface area contributed by atoms with Gasteiger partial charge in [0, 0.05) is 12.2 Å². The molecule has 1 heterocycles. The van der Waals surface area contributed by atoms with Crippen LogP contribution in [0.5, 0.6) is 0 Å². The van der Waals surface area contributed by atoms with Crippen molar-refractivity contribution in [3.8, 4) is 6.07 Å². The number of urea groups is 1. The van der Waals surface area contributed by atoms with Gasteiger partial charge in [0.1, 0.15) is 12.1 Å². The van der Waals surface area contributed by atoms with E-state index in [0.717, 1.165) is 21.6 Å². The monoisotopic (exact) mass is 446 g/mol. The van der Waals surface area contributed by atoms with E-state index < -0.39 is 29.9 Å². The third-order valence-electron chi connectivity index (χ3n) is 5.99. The summed E-state index contributed by atoms with van der Waals surface area (Å²) in [6.45, 7) is 9.45. The van der Waals surface area contributed by atoms with Gasteiger partial charge in [0.05, 0.1) is 12.5 Å². The first-order valence-electron chi connectivity index (χ1n) is 11.1. The van der Waals surface area contributed by atoms with Crippen LogP contribution in [-0.2, 0) is 15.1 Å². The number of nitrogens with zero attached hydrogens (tertiary/aromatic N) is 3. The van der Waals surface area contributed by atoms with Crippen molar-refractivity contribution in [1.82, 2.24) is 10.2 Å². The maximum Gasteiger partial charge on any atom is 0.325 e. The summed E-state index contributed by atoms with van der Waals surface area (Å²) in [5, 5.41) is 11.8. The molecule has 172 valence electrons. The van der Waals surface area contributed by atoms with E-state index in [2.05, 4.69) is 25.2 Å². The second-order valence-electron chi connectivity index (χ2n) is 9.02. The molecule has 2 aromatic carbocycles. The molecule has 1 aliphatic rings. The minimum absolute atomic E-state index is 0.138. The second kappa shape index (κ2) is 9.45.